The van der Waals surface area contributed by atoms with Gasteiger partial charge in [-0.15, -0.1) is 0 Å². The molecule has 0 fully saturated rings. The maximum atomic E-state index is 9.51. The lowest BCUT2D eigenvalue weighted by molar-refractivity contribution is 1.46. The molecule has 4 heteroatoms. The van der Waals surface area contributed by atoms with E-state index in [0.29, 0.717) is 21.2 Å². The summed E-state index contributed by atoms with van der Waals surface area (Å²) in [7, 11) is 0. The van der Waals surface area contributed by atoms with Crippen molar-refractivity contribution in [3.63, 3.8) is 0 Å². The normalized spacial score (nSPS) is 9.77. The van der Waals surface area contributed by atoms with Gasteiger partial charge in [-0.1, -0.05) is 36.4 Å². The van der Waals surface area contributed by atoms with Crippen molar-refractivity contribution >= 4 is 32.7 Å². The van der Waals surface area contributed by atoms with Crippen molar-refractivity contribution in [2.45, 2.75) is 13.8 Å². The van der Waals surface area contributed by atoms with Gasteiger partial charge in [0.25, 0.3) is 0 Å². The van der Waals surface area contributed by atoms with Crippen LogP contribution in [-0.4, -0.2) is 0 Å². The molecular weight excluding hydrogens is 320 g/mol. The number of rotatable bonds is 0. The molecule has 3 rings (SSSR count). The van der Waals surface area contributed by atoms with E-state index in [9.17, 15) is 21.0 Å². The van der Waals surface area contributed by atoms with Gasteiger partial charge in [0, 0.05) is 10.4 Å². The monoisotopic (exact) mass is 332 g/mol. The summed E-state index contributed by atoms with van der Waals surface area (Å²) < 4.78 is 0. The van der Waals surface area contributed by atoms with Crippen LogP contribution in [0.2, 0.25) is 0 Å². The fraction of sp³-hybridized carbons (Fsp3) is 0.0909. The van der Waals surface area contributed by atoms with E-state index >= 15 is 0 Å². The van der Waals surface area contributed by atoms with Crippen molar-refractivity contribution in [1.29, 1.82) is 21.0 Å². The smallest absolute Gasteiger partial charge is 0.138 e. The van der Waals surface area contributed by atoms with Gasteiger partial charge >= 0.3 is 0 Å². The van der Waals surface area contributed by atoms with Crippen LogP contribution < -0.4 is 10.4 Å². The highest BCUT2D eigenvalue weighted by atomic mass is 14.3. The summed E-state index contributed by atoms with van der Waals surface area (Å²) >= 11 is 0. The Morgan fingerprint density at radius 2 is 0.962 bits per heavy atom. The second-order valence-corrected chi connectivity index (χ2v) is 5.94. The van der Waals surface area contributed by atoms with Crippen LogP contribution in [-0.2, 0) is 0 Å². The van der Waals surface area contributed by atoms with Crippen LogP contribution in [0.15, 0.2) is 36.4 Å². The molecule has 120 valence electrons. The zero-order valence-electron chi connectivity index (χ0n) is 14.3. The summed E-state index contributed by atoms with van der Waals surface area (Å²) in [5.41, 5.74) is 1.78. The standard InChI is InChI=1S/C22H12N4/c1-13-5-3-7-17-19(13)21(15(9-23)10-24)18-8-4-6-14(2)20(18)22(17)16(11-25)12-26/h3-8H,1-2H3. The van der Waals surface area contributed by atoms with Gasteiger partial charge in [-0.05, 0) is 46.5 Å². The van der Waals surface area contributed by atoms with Gasteiger partial charge < -0.3 is 0 Å². The fourth-order valence-corrected chi connectivity index (χ4v) is 3.48. The van der Waals surface area contributed by atoms with Gasteiger partial charge in [-0.2, -0.15) is 21.0 Å². The van der Waals surface area contributed by atoms with Gasteiger partial charge in [0.15, 0.2) is 0 Å². The van der Waals surface area contributed by atoms with Gasteiger partial charge in [-0.25, -0.2) is 0 Å². The topological polar surface area (TPSA) is 95.2 Å². The third-order valence-electron chi connectivity index (χ3n) is 4.53. The lowest BCUT2D eigenvalue weighted by atomic mass is 9.90. The zero-order valence-corrected chi connectivity index (χ0v) is 14.3. The molecule has 0 radical (unpaired) electrons. The Bertz CT molecular complexity index is 1240. The molecule has 26 heavy (non-hydrogen) atoms. The molecule has 0 aliphatic heterocycles. The first kappa shape index (κ1) is 16.7. The predicted molar refractivity (Wildman–Crippen MR) is 99.4 cm³/mol. The second kappa shape index (κ2) is 6.41. The van der Waals surface area contributed by atoms with Crippen LogP contribution in [0.25, 0.3) is 32.7 Å². The van der Waals surface area contributed by atoms with Gasteiger partial charge in [0.1, 0.15) is 35.4 Å². The van der Waals surface area contributed by atoms with Gasteiger partial charge in [0.05, 0.1) is 0 Å². The Hall–Kier alpha value is -4.12. The third kappa shape index (κ3) is 2.27. The number of nitrogens with zero attached hydrogens (tertiary/aromatic N) is 4. The van der Waals surface area contributed by atoms with Crippen LogP contribution in [0, 0.1) is 59.2 Å². The predicted octanol–water partition coefficient (Wildman–Crippen LogP) is 3.01. The fourth-order valence-electron chi connectivity index (χ4n) is 3.48. The molecule has 0 aromatic heterocycles. The molecule has 0 aliphatic carbocycles. The molecule has 0 N–H and O–H groups in total. The summed E-state index contributed by atoms with van der Waals surface area (Å²) in [6, 6.07) is 19.1. The SMILES string of the molecule is Cc1cccc2c(=C(C#N)C#N)c3c(C)cccc3c(=C(C#N)C#N)c12. The number of aryl methyl sites for hydroxylation is 2. The lowest BCUT2D eigenvalue weighted by Gasteiger charge is -2.12. The van der Waals surface area contributed by atoms with E-state index in [2.05, 4.69) is 0 Å². The number of benzene rings is 3. The molecule has 0 heterocycles. The molecule has 3 aromatic rings. The highest BCUT2D eigenvalue weighted by molar-refractivity contribution is 6.07. The molecule has 0 amide bonds. The quantitative estimate of drug-likeness (QED) is 0.591. The molecule has 0 bridgehead atoms. The Morgan fingerprint density at radius 3 is 1.27 bits per heavy atom. The van der Waals surface area contributed by atoms with Gasteiger partial charge in [0.2, 0.25) is 0 Å². The highest BCUT2D eigenvalue weighted by Gasteiger charge is 2.14. The summed E-state index contributed by atoms with van der Waals surface area (Å²) in [5, 5.41) is 42.0. The average molecular weight is 332 g/mol. The Morgan fingerprint density at radius 1 is 0.615 bits per heavy atom. The second-order valence-electron chi connectivity index (χ2n) is 5.94. The highest BCUT2D eigenvalue weighted by Crippen LogP contribution is 2.21. The number of nitriles is 4. The minimum Gasteiger partial charge on any atom is -0.192 e. The number of fused-ring (bicyclic) bond motifs is 2. The molecule has 0 atom stereocenters. The van der Waals surface area contributed by atoms with E-state index in [0.717, 1.165) is 21.9 Å². The van der Waals surface area contributed by atoms with E-state index in [1.807, 2.05) is 74.5 Å². The molecule has 0 aliphatic rings. The van der Waals surface area contributed by atoms with Crippen molar-refractivity contribution < 1.29 is 0 Å². The first-order valence-corrected chi connectivity index (χ1v) is 7.88. The van der Waals surface area contributed by atoms with Crippen LogP contribution in [0.3, 0.4) is 0 Å². The third-order valence-corrected chi connectivity index (χ3v) is 4.53. The summed E-state index contributed by atoms with van der Waals surface area (Å²) in [4.78, 5) is 0. The first-order valence-electron chi connectivity index (χ1n) is 7.88. The molecular formula is C22H12N4. The number of hydrogen-bond acceptors (Lipinski definition) is 4. The van der Waals surface area contributed by atoms with Crippen LogP contribution in [0.4, 0.5) is 0 Å². The minimum absolute atomic E-state index is 0.0157. The first-order chi connectivity index (χ1) is 12.6. The Balaban J connectivity index is 3.05. The molecule has 0 unspecified atom stereocenters. The lowest BCUT2D eigenvalue weighted by Crippen LogP contribution is -2.20. The van der Waals surface area contributed by atoms with Gasteiger partial charge in [-0.3, -0.25) is 0 Å². The Kier molecular flexibility index (Phi) is 4.12. The molecule has 4 nitrogen and oxygen atoms in total. The maximum Gasteiger partial charge on any atom is 0.138 e. The van der Waals surface area contributed by atoms with Crippen molar-refractivity contribution in [3.8, 4) is 24.3 Å². The van der Waals surface area contributed by atoms with E-state index in [1.54, 1.807) is 0 Å². The summed E-state index contributed by atoms with van der Waals surface area (Å²) in [5.74, 6) is 0. The molecule has 0 saturated carbocycles. The molecule has 3 aromatic carbocycles. The van der Waals surface area contributed by atoms with E-state index < -0.39 is 0 Å². The van der Waals surface area contributed by atoms with Crippen molar-refractivity contribution in [2.75, 3.05) is 0 Å². The van der Waals surface area contributed by atoms with E-state index in [-0.39, 0.29) is 11.1 Å². The van der Waals surface area contributed by atoms with Crippen LogP contribution in [0.1, 0.15) is 11.1 Å². The molecule has 0 saturated heterocycles. The average Bonchev–Trinajstić information content (AvgIpc) is 2.65. The maximum absolute atomic E-state index is 9.51. The summed E-state index contributed by atoms with van der Waals surface area (Å²) in [6.45, 7) is 3.78. The van der Waals surface area contributed by atoms with Crippen molar-refractivity contribution in [1.82, 2.24) is 0 Å². The largest absolute Gasteiger partial charge is 0.192 e. The van der Waals surface area contributed by atoms with E-state index in [4.69, 9.17) is 0 Å². The van der Waals surface area contributed by atoms with Crippen molar-refractivity contribution in [2.24, 2.45) is 0 Å². The zero-order chi connectivity index (χ0) is 18.8. The van der Waals surface area contributed by atoms with Crippen LogP contribution >= 0.6 is 0 Å². The van der Waals surface area contributed by atoms with Crippen molar-refractivity contribution in [3.05, 3.63) is 58.0 Å². The van der Waals surface area contributed by atoms with Crippen LogP contribution in [0.5, 0.6) is 0 Å². The molecule has 0 spiro atoms. The van der Waals surface area contributed by atoms with E-state index in [1.165, 1.54) is 0 Å². The number of hydrogen-bond donors (Lipinski definition) is 0. The Labute approximate surface area is 150 Å². The minimum atomic E-state index is 0.0157. The summed E-state index contributed by atoms with van der Waals surface area (Å²) in [6.07, 6.45) is 0.